The van der Waals surface area contributed by atoms with Crippen molar-refractivity contribution in [2.24, 2.45) is 0 Å². The van der Waals surface area contributed by atoms with Gasteiger partial charge in [-0.2, -0.15) is 0 Å². The van der Waals surface area contributed by atoms with Gasteiger partial charge in [-0.05, 0) is 37.1 Å². The molecule has 1 heterocycles. The summed E-state index contributed by atoms with van der Waals surface area (Å²) in [7, 11) is 0. The van der Waals surface area contributed by atoms with Gasteiger partial charge in [0.05, 0.1) is 6.54 Å². The predicted octanol–water partition coefficient (Wildman–Crippen LogP) is 3.52. The number of benzene rings is 1. The van der Waals surface area contributed by atoms with Gasteiger partial charge >= 0.3 is 0 Å². The first-order chi connectivity index (χ1) is 10.2. The van der Waals surface area contributed by atoms with E-state index in [9.17, 15) is 4.39 Å². The van der Waals surface area contributed by atoms with Gasteiger partial charge in [0.2, 0.25) is 0 Å². The Bertz CT molecular complexity index is 563. The lowest BCUT2D eigenvalue weighted by Crippen LogP contribution is -2.14. The Kier molecular flexibility index (Phi) is 5.93. The fourth-order valence-electron chi connectivity index (χ4n) is 2.39. The molecule has 0 spiro atoms. The molecule has 0 fully saturated rings. The molecule has 21 heavy (non-hydrogen) atoms. The maximum atomic E-state index is 14.0. The lowest BCUT2D eigenvalue weighted by atomic mass is 10.1. The van der Waals surface area contributed by atoms with Crippen molar-refractivity contribution in [3.63, 3.8) is 0 Å². The zero-order valence-electron chi connectivity index (χ0n) is 12.9. The lowest BCUT2D eigenvalue weighted by molar-refractivity contribution is 0.590. The Morgan fingerprint density at radius 2 is 2.10 bits per heavy atom. The van der Waals surface area contributed by atoms with E-state index in [1.807, 2.05) is 22.9 Å². The third-order valence-electron chi connectivity index (χ3n) is 3.48. The number of halogens is 1. The van der Waals surface area contributed by atoms with E-state index >= 15 is 0 Å². The molecule has 3 nitrogen and oxygen atoms in total. The van der Waals surface area contributed by atoms with Gasteiger partial charge in [0.1, 0.15) is 11.6 Å². The minimum absolute atomic E-state index is 0.148. The summed E-state index contributed by atoms with van der Waals surface area (Å²) in [5.41, 5.74) is 1.85. The predicted molar refractivity (Wildman–Crippen MR) is 83.7 cm³/mol. The molecule has 1 N–H and O–H groups in total. The van der Waals surface area contributed by atoms with Crippen LogP contribution in [-0.4, -0.2) is 16.1 Å². The minimum atomic E-state index is -0.148. The zero-order chi connectivity index (χ0) is 15.1. The molecule has 0 aliphatic rings. The first kappa shape index (κ1) is 15.7. The summed E-state index contributed by atoms with van der Waals surface area (Å²) in [6.07, 6.45) is 6.78. The van der Waals surface area contributed by atoms with Gasteiger partial charge in [-0.15, -0.1) is 0 Å². The van der Waals surface area contributed by atoms with E-state index < -0.39 is 0 Å². The van der Waals surface area contributed by atoms with Gasteiger partial charge in [0, 0.05) is 30.9 Å². The molecule has 0 aliphatic heterocycles. The van der Waals surface area contributed by atoms with Crippen molar-refractivity contribution < 1.29 is 4.39 Å². The third-order valence-corrected chi connectivity index (χ3v) is 3.48. The molecule has 0 aliphatic carbocycles. The van der Waals surface area contributed by atoms with Crippen LogP contribution in [-0.2, 0) is 19.5 Å². The van der Waals surface area contributed by atoms with Crippen LogP contribution in [0, 0.1) is 5.82 Å². The molecule has 1 aromatic heterocycles. The van der Waals surface area contributed by atoms with Crippen LogP contribution in [0.25, 0.3) is 0 Å². The van der Waals surface area contributed by atoms with Crippen molar-refractivity contribution in [3.05, 3.63) is 53.4 Å². The van der Waals surface area contributed by atoms with Gasteiger partial charge < -0.3 is 9.88 Å². The molecule has 2 rings (SSSR count). The Morgan fingerprint density at radius 1 is 1.24 bits per heavy atom. The molecule has 4 heteroatoms. The summed E-state index contributed by atoms with van der Waals surface area (Å²) in [4.78, 5) is 4.34. The van der Waals surface area contributed by atoms with Crippen LogP contribution in [0.15, 0.2) is 30.6 Å². The molecule has 0 unspecified atom stereocenters. The van der Waals surface area contributed by atoms with E-state index in [4.69, 9.17) is 0 Å². The standard InChI is InChI=1S/C17H24FN3/c1-3-5-17-20-9-10-21(17)13-15-11-14(6-7-16(15)18)12-19-8-4-2/h6-7,9-11,19H,3-5,8,12-13H2,1-2H3. The van der Waals surface area contributed by atoms with Crippen molar-refractivity contribution in [3.8, 4) is 0 Å². The molecule has 0 amide bonds. The van der Waals surface area contributed by atoms with Gasteiger partial charge in [0.15, 0.2) is 0 Å². The quantitative estimate of drug-likeness (QED) is 0.754. The molecule has 0 saturated heterocycles. The van der Waals surface area contributed by atoms with E-state index in [1.54, 1.807) is 12.3 Å². The van der Waals surface area contributed by atoms with Crippen LogP contribution in [0.3, 0.4) is 0 Å². The maximum Gasteiger partial charge on any atom is 0.128 e. The van der Waals surface area contributed by atoms with Crippen molar-refractivity contribution in [1.29, 1.82) is 0 Å². The second-order valence-corrected chi connectivity index (χ2v) is 5.32. The molecular weight excluding hydrogens is 265 g/mol. The lowest BCUT2D eigenvalue weighted by Gasteiger charge is -2.11. The molecule has 1 aromatic carbocycles. The first-order valence-corrected chi connectivity index (χ1v) is 7.72. The van der Waals surface area contributed by atoms with Crippen LogP contribution in [0.1, 0.15) is 43.6 Å². The maximum absolute atomic E-state index is 14.0. The summed E-state index contributed by atoms with van der Waals surface area (Å²) in [6, 6.07) is 5.37. The number of hydrogen-bond acceptors (Lipinski definition) is 2. The average molecular weight is 289 g/mol. The van der Waals surface area contributed by atoms with Crippen LogP contribution < -0.4 is 5.32 Å². The van der Waals surface area contributed by atoms with Gasteiger partial charge in [-0.1, -0.05) is 19.9 Å². The Balaban J connectivity index is 2.11. The van der Waals surface area contributed by atoms with E-state index in [-0.39, 0.29) is 5.82 Å². The Morgan fingerprint density at radius 3 is 2.86 bits per heavy atom. The summed E-state index contributed by atoms with van der Waals surface area (Å²) in [5.74, 6) is 0.872. The van der Waals surface area contributed by atoms with Crippen molar-refractivity contribution in [1.82, 2.24) is 14.9 Å². The zero-order valence-corrected chi connectivity index (χ0v) is 12.9. The second kappa shape index (κ2) is 7.93. The number of imidazole rings is 1. The van der Waals surface area contributed by atoms with Gasteiger partial charge in [-0.3, -0.25) is 0 Å². The second-order valence-electron chi connectivity index (χ2n) is 5.32. The number of rotatable bonds is 8. The number of aromatic nitrogens is 2. The van der Waals surface area contributed by atoms with Crippen LogP contribution in [0.4, 0.5) is 4.39 Å². The van der Waals surface area contributed by atoms with Crippen LogP contribution in [0.5, 0.6) is 0 Å². The molecular formula is C17H24FN3. The molecule has 0 atom stereocenters. The Hall–Kier alpha value is -1.68. The minimum Gasteiger partial charge on any atom is -0.330 e. The fourth-order valence-corrected chi connectivity index (χ4v) is 2.39. The fraction of sp³-hybridized carbons (Fsp3) is 0.471. The average Bonchev–Trinajstić information content (AvgIpc) is 2.90. The molecule has 114 valence electrons. The van der Waals surface area contributed by atoms with E-state index in [2.05, 4.69) is 24.1 Å². The number of aryl methyl sites for hydroxylation is 1. The number of nitrogens with one attached hydrogen (secondary N) is 1. The SMILES string of the molecule is CCCNCc1ccc(F)c(Cn2ccnc2CCC)c1. The van der Waals surface area contributed by atoms with Crippen molar-refractivity contribution >= 4 is 0 Å². The van der Waals surface area contributed by atoms with E-state index in [1.165, 1.54) is 0 Å². The summed E-state index contributed by atoms with van der Waals surface area (Å²) >= 11 is 0. The van der Waals surface area contributed by atoms with Gasteiger partial charge in [0.25, 0.3) is 0 Å². The normalized spacial score (nSPS) is 11.0. The first-order valence-electron chi connectivity index (χ1n) is 7.72. The van der Waals surface area contributed by atoms with Crippen LogP contribution >= 0.6 is 0 Å². The summed E-state index contributed by atoms with van der Waals surface area (Å²) in [6.45, 7) is 6.57. The van der Waals surface area contributed by atoms with Gasteiger partial charge in [-0.25, -0.2) is 9.37 Å². The van der Waals surface area contributed by atoms with E-state index in [0.717, 1.165) is 49.3 Å². The monoisotopic (exact) mass is 289 g/mol. The van der Waals surface area contributed by atoms with Crippen LogP contribution in [0.2, 0.25) is 0 Å². The number of hydrogen-bond donors (Lipinski definition) is 1. The number of nitrogens with zero attached hydrogens (tertiary/aromatic N) is 2. The highest BCUT2D eigenvalue weighted by Crippen LogP contribution is 2.14. The molecule has 2 aromatic rings. The molecule has 0 radical (unpaired) electrons. The highest BCUT2D eigenvalue weighted by molar-refractivity contribution is 5.25. The van der Waals surface area contributed by atoms with E-state index in [0.29, 0.717) is 6.54 Å². The third kappa shape index (κ3) is 4.39. The molecule has 0 bridgehead atoms. The largest absolute Gasteiger partial charge is 0.330 e. The topological polar surface area (TPSA) is 29.9 Å². The highest BCUT2D eigenvalue weighted by Gasteiger charge is 2.07. The van der Waals surface area contributed by atoms with Crippen molar-refractivity contribution in [2.45, 2.75) is 46.2 Å². The summed E-state index contributed by atoms with van der Waals surface area (Å²) < 4.78 is 16.0. The van der Waals surface area contributed by atoms with Crippen molar-refractivity contribution in [2.75, 3.05) is 6.54 Å². The smallest absolute Gasteiger partial charge is 0.128 e. The molecule has 0 saturated carbocycles. The highest BCUT2D eigenvalue weighted by atomic mass is 19.1. The Labute approximate surface area is 126 Å². The summed E-state index contributed by atoms with van der Waals surface area (Å²) in [5, 5.41) is 3.35.